The summed E-state index contributed by atoms with van der Waals surface area (Å²) in [7, 11) is 0. The minimum atomic E-state index is -0.323. The first-order valence-corrected chi connectivity index (χ1v) is 16.9. The largest absolute Gasteiger partial charge is 0.225 e. The van der Waals surface area contributed by atoms with Gasteiger partial charge in [0, 0.05) is 16.5 Å². The molecule has 0 bridgehead atoms. The molecule has 244 valence electrons. The lowest BCUT2D eigenvalue weighted by molar-refractivity contribution is 0.644. The van der Waals surface area contributed by atoms with Crippen molar-refractivity contribution in [2.45, 2.75) is 19.3 Å². The minimum Gasteiger partial charge on any atom is -0.225 e. The Morgan fingerprint density at radius 3 is 1.04 bits per heavy atom. The van der Waals surface area contributed by atoms with E-state index in [9.17, 15) is 0 Å². The first-order valence-electron chi connectivity index (χ1n) is 16.9. The van der Waals surface area contributed by atoms with Crippen molar-refractivity contribution in [3.8, 4) is 67.3 Å². The van der Waals surface area contributed by atoms with E-state index in [4.69, 9.17) is 0 Å². The molecule has 0 N–H and O–H groups in total. The molecule has 0 radical (unpaired) electrons. The van der Waals surface area contributed by atoms with Gasteiger partial charge in [0.1, 0.15) is 25.3 Å². The van der Waals surface area contributed by atoms with Crippen LogP contribution in [0, 0.1) is 0 Å². The smallest absolute Gasteiger partial charge is 0.162 e. The highest BCUT2D eigenvalue weighted by Gasteiger charge is 2.29. The van der Waals surface area contributed by atoms with E-state index in [1.807, 2.05) is 12.1 Å². The van der Waals surface area contributed by atoms with Gasteiger partial charge in [0.05, 0.1) is 0 Å². The van der Waals surface area contributed by atoms with Crippen molar-refractivity contribution in [2.75, 3.05) is 0 Å². The predicted octanol–water partition coefficient (Wildman–Crippen LogP) is 10.4. The Kier molecular flexibility index (Phi) is 8.48. The highest BCUT2D eigenvalue weighted by Crippen LogP contribution is 2.43. The molecule has 0 atom stereocenters. The van der Waals surface area contributed by atoms with Gasteiger partial charge in [-0.25, -0.2) is 29.9 Å². The third kappa shape index (κ3) is 6.43. The average Bonchev–Trinajstić information content (AvgIpc) is 3.22. The molecule has 0 amide bonds. The lowest BCUT2D eigenvalue weighted by atomic mass is 9.72. The van der Waals surface area contributed by atoms with Crippen LogP contribution in [0.25, 0.3) is 67.3 Å². The van der Waals surface area contributed by atoms with Crippen molar-refractivity contribution in [1.29, 1.82) is 0 Å². The lowest BCUT2D eigenvalue weighted by Crippen LogP contribution is -2.21. The second kappa shape index (κ2) is 13.7. The third-order valence-electron chi connectivity index (χ3n) is 9.44. The van der Waals surface area contributed by atoms with Crippen molar-refractivity contribution in [2.24, 2.45) is 0 Å². The summed E-state index contributed by atoms with van der Waals surface area (Å²) in [6.45, 7) is 4.66. The summed E-state index contributed by atoms with van der Waals surface area (Å²) in [5.74, 6) is 1.32. The zero-order valence-corrected chi connectivity index (χ0v) is 28.3. The van der Waals surface area contributed by atoms with Crippen LogP contribution < -0.4 is 0 Å². The predicted molar refractivity (Wildman–Crippen MR) is 204 cm³/mol. The van der Waals surface area contributed by atoms with Crippen molar-refractivity contribution in [3.05, 3.63) is 182 Å². The molecule has 0 unspecified atom stereocenters. The van der Waals surface area contributed by atoms with E-state index in [0.29, 0.717) is 11.6 Å². The Labute approximate surface area is 297 Å². The number of rotatable bonds is 8. The molecule has 0 saturated carbocycles. The van der Waals surface area contributed by atoms with E-state index in [-0.39, 0.29) is 5.41 Å². The van der Waals surface area contributed by atoms with E-state index in [2.05, 4.69) is 177 Å². The molecule has 51 heavy (non-hydrogen) atoms. The van der Waals surface area contributed by atoms with Crippen LogP contribution in [0.15, 0.2) is 171 Å². The van der Waals surface area contributed by atoms with Crippen LogP contribution in [0.3, 0.4) is 0 Å². The fraction of sp³-hybridized carbons (Fsp3) is 0.0667. The molecule has 0 fully saturated rings. The van der Waals surface area contributed by atoms with Gasteiger partial charge in [-0.2, -0.15) is 0 Å². The highest BCUT2D eigenvalue weighted by molar-refractivity contribution is 5.81. The molecule has 6 heteroatoms. The summed E-state index contributed by atoms with van der Waals surface area (Å²) in [6, 6.07) is 51.8. The first-order chi connectivity index (χ1) is 25.0. The molecule has 2 aromatic heterocycles. The van der Waals surface area contributed by atoms with Crippen LogP contribution in [0.2, 0.25) is 0 Å². The number of benzene rings is 6. The van der Waals surface area contributed by atoms with Gasteiger partial charge in [0.15, 0.2) is 11.6 Å². The first kappa shape index (κ1) is 31.6. The molecular formula is C45H34N6. The van der Waals surface area contributed by atoms with Gasteiger partial charge in [0.2, 0.25) is 0 Å². The second-order valence-electron chi connectivity index (χ2n) is 13.0. The van der Waals surface area contributed by atoms with Crippen molar-refractivity contribution in [3.63, 3.8) is 0 Å². The quantitative estimate of drug-likeness (QED) is 0.162. The van der Waals surface area contributed by atoms with Gasteiger partial charge in [-0.1, -0.05) is 135 Å². The Bertz CT molecular complexity index is 2290. The Balaban J connectivity index is 1.16. The van der Waals surface area contributed by atoms with Gasteiger partial charge in [-0.3, -0.25) is 0 Å². The SMILES string of the molecule is CC(C)(c1ccccc1-c1cccc(-c2cccc(-c3ncncn3)c2)c1)c1ccccc1-c1cccc(-c2cccc(-c3ncncn3)c2)c1. The summed E-state index contributed by atoms with van der Waals surface area (Å²) in [4.78, 5) is 25.3. The standard InChI is InChI=1S/C45H34N6/c1-45(2,41-21-5-3-19-39(41)35-15-7-11-31(23-35)33-13-9-17-37(25-33)43-48-27-46-28-49-43)42-22-6-4-20-40(42)36-16-8-12-32(24-36)34-14-10-18-38(26-34)44-50-29-47-30-51-44/h3-30H,1-2H3. The zero-order valence-electron chi connectivity index (χ0n) is 28.3. The molecule has 0 aliphatic rings. The molecule has 8 rings (SSSR count). The van der Waals surface area contributed by atoms with Crippen LogP contribution in [0.5, 0.6) is 0 Å². The van der Waals surface area contributed by atoms with Gasteiger partial charge in [-0.15, -0.1) is 0 Å². The van der Waals surface area contributed by atoms with E-state index < -0.39 is 0 Å². The molecule has 0 spiro atoms. The van der Waals surface area contributed by atoms with Crippen molar-refractivity contribution in [1.82, 2.24) is 29.9 Å². The summed E-state index contributed by atoms with van der Waals surface area (Å²) in [5.41, 5.74) is 13.3. The molecule has 0 saturated heterocycles. The molecule has 6 aromatic carbocycles. The fourth-order valence-electron chi connectivity index (χ4n) is 6.89. The second-order valence-corrected chi connectivity index (χ2v) is 13.0. The van der Waals surface area contributed by atoms with Gasteiger partial charge in [-0.05, 0) is 79.9 Å². The molecule has 6 nitrogen and oxygen atoms in total. The number of hydrogen-bond donors (Lipinski definition) is 0. The molecule has 0 aliphatic heterocycles. The van der Waals surface area contributed by atoms with Gasteiger partial charge in [0.25, 0.3) is 0 Å². The fourth-order valence-corrected chi connectivity index (χ4v) is 6.89. The third-order valence-corrected chi connectivity index (χ3v) is 9.44. The normalized spacial score (nSPS) is 11.3. The summed E-state index contributed by atoms with van der Waals surface area (Å²) < 4.78 is 0. The Morgan fingerprint density at radius 1 is 0.333 bits per heavy atom. The Morgan fingerprint density at radius 2 is 0.647 bits per heavy atom. The maximum Gasteiger partial charge on any atom is 0.162 e. The lowest BCUT2D eigenvalue weighted by Gasteiger charge is -2.31. The van der Waals surface area contributed by atoms with Crippen LogP contribution in [0.1, 0.15) is 25.0 Å². The number of hydrogen-bond acceptors (Lipinski definition) is 6. The monoisotopic (exact) mass is 658 g/mol. The number of nitrogens with zero attached hydrogens (tertiary/aromatic N) is 6. The Hall–Kier alpha value is -6.66. The zero-order chi connectivity index (χ0) is 34.6. The summed E-state index contributed by atoms with van der Waals surface area (Å²) >= 11 is 0. The minimum absolute atomic E-state index is 0.323. The molecule has 8 aromatic rings. The molecule has 2 heterocycles. The highest BCUT2D eigenvalue weighted by atomic mass is 15.0. The average molecular weight is 659 g/mol. The summed E-state index contributed by atoms with van der Waals surface area (Å²) in [6.07, 6.45) is 6.12. The summed E-state index contributed by atoms with van der Waals surface area (Å²) in [5, 5.41) is 0. The van der Waals surface area contributed by atoms with E-state index in [1.54, 1.807) is 0 Å². The van der Waals surface area contributed by atoms with Gasteiger partial charge >= 0.3 is 0 Å². The maximum absolute atomic E-state index is 4.35. The van der Waals surface area contributed by atoms with E-state index in [0.717, 1.165) is 33.4 Å². The maximum atomic E-state index is 4.35. The number of aromatic nitrogens is 6. The van der Waals surface area contributed by atoms with Crippen molar-refractivity contribution < 1.29 is 0 Å². The van der Waals surface area contributed by atoms with Gasteiger partial charge < -0.3 is 0 Å². The van der Waals surface area contributed by atoms with Crippen molar-refractivity contribution >= 4 is 0 Å². The van der Waals surface area contributed by atoms with Crippen LogP contribution in [-0.4, -0.2) is 29.9 Å². The van der Waals surface area contributed by atoms with E-state index >= 15 is 0 Å². The topological polar surface area (TPSA) is 77.3 Å². The molecular weight excluding hydrogens is 625 g/mol. The molecule has 0 aliphatic carbocycles. The van der Waals surface area contributed by atoms with Crippen LogP contribution in [-0.2, 0) is 5.41 Å². The van der Waals surface area contributed by atoms with Crippen LogP contribution in [0.4, 0.5) is 0 Å². The van der Waals surface area contributed by atoms with Crippen LogP contribution >= 0.6 is 0 Å². The van der Waals surface area contributed by atoms with E-state index in [1.165, 1.54) is 58.7 Å².